The van der Waals surface area contributed by atoms with Gasteiger partial charge in [-0.3, -0.25) is 14.9 Å². The molecule has 2 aromatic heterocycles. The summed E-state index contributed by atoms with van der Waals surface area (Å²) >= 11 is 2.27. The van der Waals surface area contributed by atoms with Gasteiger partial charge in [0.2, 0.25) is 11.0 Å². The molecular formula is C20H14FN5O3S2. The van der Waals surface area contributed by atoms with Crippen LogP contribution in [0.4, 0.5) is 15.2 Å². The first-order valence-electron chi connectivity index (χ1n) is 8.92. The molecule has 0 bridgehead atoms. The quantitative estimate of drug-likeness (QED) is 0.315. The number of nitrogens with one attached hydrogen (secondary N) is 2. The average molecular weight is 455 g/mol. The molecule has 0 atom stereocenters. The smallest absolute Gasteiger partial charge is 0.279 e. The largest absolute Gasteiger partial charge is 0.355 e. The van der Waals surface area contributed by atoms with Gasteiger partial charge in [0, 0.05) is 17.3 Å². The molecule has 0 fully saturated rings. The first-order chi connectivity index (χ1) is 15.1. The lowest BCUT2D eigenvalue weighted by atomic mass is 10.1. The molecule has 0 saturated heterocycles. The van der Waals surface area contributed by atoms with Crippen LogP contribution in [0.3, 0.4) is 0 Å². The Hall–Kier alpha value is -3.57. The second-order valence-electron chi connectivity index (χ2n) is 6.12. The number of thioether (sulfide) groups is 1. The number of carbonyl (C=O) groups is 2. The number of carbonyl (C=O) groups excluding carboxylic acids is 2. The van der Waals surface area contributed by atoms with Gasteiger partial charge in [0.15, 0.2) is 15.8 Å². The number of hydrogen-bond donors (Lipinski definition) is 2. The van der Waals surface area contributed by atoms with E-state index in [4.69, 9.17) is 4.52 Å². The number of halogens is 1. The molecule has 8 nitrogen and oxygen atoms in total. The van der Waals surface area contributed by atoms with Crippen LogP contribution in [0, 0.1) is 5.82 Å². The Morgan fingerprint density at radius 3 is 2.68 bits per heavy atom. The first kappa shape index (κ1) is 20.7. The van der Waals surface area contributed by atoms with Crippen molar-refractivity contribution in [2.24, 2.45) is 0 Å². The van der Waals surface area contributed by atoms with Crippen LogP contribution in [0.2, 0.25) is 0 Å². The minimum absolute atomic E-state index is 0.0583. The van der Waals surface area contributed by atoms with Crippen molar-refractivity contribution in [3.63, 3.8) is 0 Å². The first-order valence-corrected chi connectivity index (χ1v) is 10.7. The van der Waals surface area contributed by atoms with E-state index in [0.29, 0.717) is 15.8 Å². The lowest BCUT2D eigenvalue weighted by Crippen LogP contribution is -2.13. The monoisotopic (exact) mass is 455 g/mol. The molecule has 2 amide bonds. The van der Waals surface area contributed by atoms with Gasteiger partial charge in [0.25, 0.3) is 5.91 Å². The number of hydrogen-bond acceptors (Lipinski definition) is 8. The standard InChI is InChI=1S/C20H14FN5O3S2/c21-13-7-4-8-14(9-13)22-17(27)11-30-20-25-24-19(31-20)23-18(28)15-10-16(29-26-15)12-5-2-1-3-6-12/h1-10H,11H2,(H,22,27)(H,23,24,28). The highest BCUT2D eigenvalue weighted by Gasteiger charge is 2.16. The van der Waals surface area contributed by atoms with Crippen LogP contribution in [0.25, 0.3) is 11.3 Å². The van der Waals surface area contributed by atoms with Crippen LogP contribution < -0.4 is 10.6 Å². The SMILES string of the molecule is O=C(CSc1nnc(NC(=O)c2cc(-c3ccccc3)on2)s1)Nc1cccc(F)c1. The molecule has 11 heteroatoms. The molecule has 156 valence electrons. The Morgan fingerprint density at radius 1 is 1.03 bits per heavy atom. The molecule has 0 saturated carbocycles. The van der Waals surface area contributed by atoms with Crippen molar-refractivity contribution < 1.29 is 18.5 Å². The van der Waals surface area contributed by atoms with Gasteiger partial charge in [0.05, 0.1) is 5.75 Å². The molecule has 2 heterocycles. The zero-order valence-electron chi connectivity index (χ0n) is 15.7. The van der Waals surface area contributed by atoms with Crippen molar-refractivity contribution in [2.75, 3.05) is 16.4 Å². The maximum Gasteiger partial charge on any atom is 0.279 e. The van der Waals surface area contributed by atoms with E-state index >= 15 is 0 Å². The second-order valence-corrected chi connectivity index (χ2v) is 8.32. The summed E-state index contributed by atoms with van der Waals surface area (Å²) in [6.07, 6.45) is 0. The molecule has 0 aliphatic carbocycles. The van der Waals surface area contributed by atoms with Gasteiger partial charge < -0.3 is 9.84 Å². The highest BCUT2D eigenvalue weighted by atomic mass is 32.2. The fraction of sp³-hybridized carbons (Fsp3) is 0.0500. The van der Waals surface area contributed by atoms with Gasteiger partial charge in [-0.1, -0.05) is 64.7 Å². The Bertz CT molecular complexity index is 1210. The van der Waals surface area contributed by atoms with E-state index in [-0.39, 0.29) is 22.5 Å². The maximum absolute atomic E-state index is 13.2. The third-order valence-electron chi connectivity index (χ3n) is 3.86. The van der Waals surface area contributed by atoms with Gasteiger partial charge >= 0.3 is 0 Å². The van der Waals surface area contributed by atoms with Gasteiger partial charge in [-0.15, -0.1) is 10.2 Å². The number of aromatic nitrogens is 3. The summed E-state index contributed by atoms with van der Waals surface area (Å²) in [6, 6.07) is 16.5. The lowest BCUT2D eigenvalue weighted by molar-refractivity contribution is -0.113. The summed E-state index contributed by atoms with van der Waals surface area (Å²) < 4.78 is 18.9. The van der Waals surface area contributed by atoms with Crippen LogP contribution in [0.15, 0.2) is 69.5 Å². The van der Waals surface area contributed by atoms with Crippen LogP contribution in [-0.4, -0.2) is 32.9 Å². The number of amides is 2. The highest BCUT2D eigenvalue weighted by molar-refractivity contribution is 8.01. The predicted molar refractivity (Wildman–Crippen MR) is 116 cm³/mol. The molecule has 4 aromatic rings. The highest BCUT2D eigenvalue weighted by Crippen LogP contribution is 2.26. The molecule has 0 aliphatic heterocycles. The normalized spacial score (nSPS) is 10.6. The Morgan fingerprint density at radius 2 is 1.87 bits per heavy atom. The van der Waals surface area contributed by atoms with Gasteiger partial charge in [-0.25, -0.2) is 4.39 Å². The minimum Gasteiger partial charge on any atom is -0.355 e. The van der Waals surface area contributed by atoms with E-state index in [1.54, 1.807) is 6.07 Å². The van der Waals surface area contributed by atoms with E-state index in [1.165, 1.54) is 24.3 Å². The number of nitrogens with zero attached hydrogens (tertiary/aromatic N) is 3. The van der Waals surface area contributed by atoms with Crippen molar-refractivity contribution in [1.29, 1.82) is 0 Å². The number of anilines is 2. The van der Waals surface area contributed by atoms with E-state index < -0.39 is 11.7 Å². The Balaban J connectivity index is 1.30. The number of benzene rings is 2. The average Bonchev–Trinajstić information content (AvgIpc) is 3.43. The van der Waals surface area contributed by atoms with Crippen molar-refractivity contribution in [3.05, 3.63) is 72.2 Å². The van der Waals surface area contributed by atoms with Crippen molar-refractivity contribution >= 4 is 45.7 Å². The molecule has 31 heavy (non-hydrogen) atoms. The topological polar surface area (TPSA) is 110 Å². The third kappa shape index (κ3) is 5.53. The summed E-state index contributed by atoms with van der Waals surface area (Å²) in [4.78, 5) is 24.4. The fourth-order valence-electron chi connectivity index (χ4n) is 2.49. The van der Waals surface area contributed by atoms with Crippen LogP contribution in [-0.2, 0) is 4.79 Å². The Kier molecular flexibility index (Phi) is 6.34. The molecule has 2 N–H and O–H groups in total. The van der Waals surface area contributed by atoms with E-state index in [9.17, 15) is 14.0 Å². The van der Waals surface area contributed by atoms with E-state index in [2.05, 4.69) is 26.0 Å². The summed E-state index contributed by atoms with van der Waals surface area (Å²) in [7, 11) is 0. The van der Waals surface area contributed by atoms with E-state index in [0.717, 1.165) is 28.7 Å². The summed E-state index contributed by atoms with van der Waals surface area (Å²) in [6.45, 7) is 0. The molecule has 4 rings (SSSR count). The summed E-state index contributed by atoms with van der Waals surface area (Å²) in [5, 5.41) is 17.1. The number of rotatable bonds is 7. The molecular weight excluding hydrogens is 441 g/mol. The summed E-state index contributed by atoms with van der Waals surface area (Å²) in [5.41, 5.74) is 1.29. The minimum atomic E-state index is -0.484. The van der Waals surface area contributed by atoms with Crippen molar-refractivity contribution in [1.82, 2.24) is 15.4 Å². The predicted octanol–water partition coefficient (Wildman–Crippen LogP) is 4.32. The lowest BCUT2D eigenvalue weighted by Gasteiger charge is -2.03. The molecule has 0 aliphatic rings. The zero-order valence-corrected chi connectivity index (χ0v) is 17.4. The van der Waals surface area contributed by atoms with Crippen LogP contribution in [0.5, 0.6) is 0 Å². The van der Waals surface area contributed by atoms with Crippen molar-refractivity contribution in [2.45, 2.75) is 4.34 Å². The second kappa shape index (κ2) is 9.49. The van der Waals surface area contributed by atoms with Gasteiger partial charge in [-0.05, 0) is 18.2 Å². The third-order valence-corrected chi connectivity index (χ3v) is 5.84. The fourth-order valence-corrected chi connectivity index (χ4v) is 4.04. The van der Waals surface area contributed by atoms with Crippen LogP contribution in [0.1, 0.15) is 10.5 Å². The molecule has 0 spiro atoms. The zero-order chi connectivity index (χ0) is 21.6. The maximum atomic E-state index is 13.2. The molecule has 2 aromatic carbocycles. The molecule has 0 unspecified atom stereocenters. The van der Waals surface area contributed by atoms with E-state index in [1.807, 2.05) is 30.3 Å². The summed E-state index contributed by atoms with van der Waals surface area (Å²) in [5.74, 6) is -0.695. The van der Waals surface area contributed by atoms with Gasteiger partial charge in [0.1, 0.15) is 5.82 Å². The van der Waals surface area contributed by atoms with Gasteiger partial charge in [-0.2, -0.15) is 0 Å². The molecule has 0 radical (unpaired) electrons. The van der Waals surface area contributed by atoms with Crippen molar-refractivity contribution in [3.8, 4) is 11.3 Å². The van der Waals surface area contributed by atoms with Crippen LogP contribution >= 0.6 is 23.1 Å². The Labute approximate surface area is 183 Å².